The van der Waals surface area contributed by atoms with E-state index < -0.39 is 10.0 Å². The second kappa shape index (κ2) is 4.89. The number of anilines is 1. The minimum atomic E-state index is -3.74. The standard InChI is InChI=1S/C9H5ClN4O2S2/c10-7-4-13-8(5-12-7)14-18(15,16)9-2-1-6(3-11)17-9/h1-2,4-5H,(H,13,14). The molecule has 18 heavy (non-hydrogen) atoms. The lowest BCUT2D eigenvalue weighted by atomic mass is 10.5. The molecular formula is C9H5ClN4O2S2. The van der Waals surface area contributed by atoms with Gasteiger partial charge in [0, 0.05) is 0 Å². The summed E-state index contributed by atoms with van der Waals surface area (Å²) in [5.41, 5.74) is 0. The van der Waals surface area contributed by atoms with E-state index >= 15 is 0 Å². The van der Waals surface area contributed by atoms with Crippen molar-refractivity contribution in [2.75, 3.05) is 4.72 Å². The third-order valence-corrected chi connectivity index (χ3v) is 4.85. The van der Waals surface area contributed by atoms with E-state index in [2.05, 4.69) is 14.7 Å². The van der Waals surface area contributed by atoms with E-state index in [1.54, 1.807) is 0 Å². The quantitative estimate of drug-likeness (QED) is 0.933. The molecule has 0 fully saturated rings. The third-order valence-electron chi connectivity index (χ3n) is 1.82. The Bertz CT molecular complexity index is 703. The molecule has 0 aromatic carbocycles. The van der Waals surface area contributed by atoms with Crippen molar-refractivity contribution in [2.24, 2.45) is 0 Å². The van der Waals surface area contributed by atoms with Crippen molar-refractivity contribution in [3.05, 3.63) is 34.6 Å². The Hall–Kier alpha value is -1.69. The molecule has 0 radical (unpaired) electrons. The molecule has 0 spiro atoms. The van der Waals surface area contributed by atoms with Crippen LogP contribution in [0.3, 0.4) is 0 Å². The maximum absolute atomic E-state index is 11.9. The summed E-state index contributed by atoms with van der Waals surface area (Å²) in [5.74, 6) is 0.0614. The first-order chi connectivity index (χ1) is 8.51. The zero-order valence-electron chi connectivity index (χ0n) is 8.66. The van der Waals surface area contributed by atoms with E-state index in [0.29, 0.717) is 4.88 Å². The van der Waals surface area contributed by atoms with Gasteiger partial charge in [-0.2, -0.15) is 5.26 Å². The predicted octanol–water partition coefficient (Wildman–Crippen LogP) is 1.86. The Balaban J connectivity index is 2.27. The molecule has 0 saturated carbocycles. The summed E-state index contributed by atoms with van der Waals surface area (Å²) in [5, 5.41) is 8.81. The Morgan fingerprint density at radius 1 is 1.33 bits per heavy atom. The van der Waals surface area contributed by atoms with Crippen LogP contribution in [0.15, 0.2) is 28.7 Å². The highest BCUT2D eigenvalue weighted by Crippen LogP contribution is 2.22. The van der Waals surface area contributed by atoms with Crippen LogP contribution in [0.5, 0.6) is 0 Å². The fourth-order valence-electron chi connectivity index (χ4n) is 1.08. The largest absolute Gasteiger partial charge is 0.272 e. The molecule has 0 aliphatic rings. The van der Waals surface area contributed by atoms with Gasteiger partial charge in [0.2, 0.25) is 0 Å². The first kappa shape index (κ1) is 12.8. The highest BCUT2D eigenvalue weighted by molar-refractivity contribution is 7.94. The number of thiophene rings is 1. The van der Waals surface area contributed by atoms with Gasteiger partial charge in [-0.15, -0.1) is 11.3 Å². The van der Waals surface area contributed by atoms with Crippen molar-refractivity contribution in [1.82, 2.24) is 9.97 Å². The van der Waals surface area contributed by atoms with Gasteiger partial charge in [0.05, 0.1) is 12.4 Å². The van der Waals surface area contributed by atoms with E-state index in [1.807, 2.05) is 6.07 Å². The lowest BCUT2D eigenvalue weighted by Crippen LogP contribution is -2.12. The van der Waals surface area contributed by atoms with Crippen LogP contribution in [0.2, 0.25) is 5.15 Å². The molecule has 2 aromatic rings. The minimum absolute atomic E-state index is 0.0378. The average molecular weight is 301 g/mol. The Morgan fingerprint density at radius 2 is 2.11 bits per heavy atom. The number of aromatic nitrogens is 2. The zero-order valence-corrected chi connectivity index (χ0v) is 11.1. The van der Waals surface area contributed by atoms with E-state index in [1.165, 1.54) is 24.5 Å². The Morgan fingerprint density at radius 3 is 2.67 bits per heavy atom. The summed E-state index contributed by atoms with van der Waals surface area (Å²) >= 11 is 6.41. The summed E-state index contributed by atoms with van der Waals surface area (Å²) in [6, 6.07) is 4.66. The van der Waals surface area contributed by atoms with Crippen LogP contribution < -0.4 is 4.72 Å². The molecule has 0 aliphatic heterocycles. The van der Waals surface area contributed by atoms with Crippen LogP contribution in [-0.2, 0) is 10.0 Å². The normalized spacial score (nSPS) is 10.9. The number of sulfonamides is 1. The topological polar surface area (TPSA) is 95.7 Å². The Kier molecular flexibility index (Phi) is 3.47. The maximum atomic E-state index is 11.9. The van der Waals surface area contributed by atoms with Gasteiger partial charge in [0.1, 0.15) is 20.3 Å². The summed E-state index contributed by atoms with van der Waals surface area (Å²) < 4.78 is 26.1. The molecule has 1 N–H and O–H groups in total. The van der Waals surface area contributed by atoms with Gasteiger partial charge >= 0.3 is 0 Å². The van der Waals surface area contributed by atoms with Crippen molar-refractivity contribution in [1.29, 1.82) is 5.26 Å². The first-order valence-corrected chi connectivity index (χ1v) is 7.19. The number of nitriles is 1. The molecule has 9 heteroatoms. The van der Waals surface area contributed by atoms with Crippen LogP contribution >= 0.6 is 22.9 Å². The fourth-order valence-corrected chi connectivity index (χ4v) is 3.27. The van der Waals surface area contributed by atoms with Crippen LogP contribution in [0.25, 0.3) is 0 Å². The highest BCUT2D eigenvalue weighted by atomic mass is 35.5. The van der Waals surface area contributed by atoms with Crippen molar-refractivity contribution in [2.45, 2.75) is 4.21 Å². The summed E-state index contributed by atoms with van der Waals surface area (Å²) in [7, 11) is -3.74. The first-order valence-electron chi connectivity index (χ1n) is 4.51. The third kappa shape index (κ3) is 2.76. The molecule has 6 nitrogen and oxygen atoms in total. The maximum Gasteiger partial charge on any atom is 0.272 e. The van der Waals surface area contributed by atoms with E-state index in [4.69, 9.17) is 16.9 Å². The molecule has 92 valence electrons. The summed E-state index contributed by atoms with van der Waals surface area (Å²) in [6.07, 6.45) is 2.44. The summed E-state index contributed by atoms with van der Waals surface area (Å²) in [4.78, 5) is 7.79. The molecule has 0 amide bonds. The van der Waals surface area contributed by atoms with Gasteiger partial charge < -0.3 is 0 Å². The van der Waals surface area contributed by atoms with Gasteiger partial charge in [-0.25, -0.2) is 18.4 Å². The van der Waals surface area contributed by atoms with E-state index in [0.717, 1.165) is 11.3 Å². The second-order valence-corrected chi connectivity index (χ2v) is 6.44. The molecule has 0 saturated heterocycles. The average Bonchev–Trinajstić information content (AvgIpc) is 2.81. The van der Waals surface area contributed by atoms with Crippen LogP contribution in [-0.4, -0.2) is 18.4 Å². The summed E-state index contributed by atoms with van der Waals surface area (Å²) in [6.45, 7) is 0. The highest BCUT2D eigenvalue weighted by Gasteiger charge is 2.17. The van der Waals surface area contributed by atoms with E-state index in [9.17, 15) is 8.42 Å². The van der Waals surface area contributed by atoms with Gasteiger partial charge in [-0.05, 0) is 12.1 Å². The molecule has 0 bridgehead atoms. The lowest BCUT2D eigenvalue weighted by molar-refractivity contribution is 0.603. The van der Waals surface area contributed by atoms with Crippen molar-refractivity contribution in [3.8, 4) is 6.07 Å². The van der Waals surface area contributed by atoms with Crippen LogP contribution in [0.4, 0.5) is 5.82 Å². The van der Waals surface area contributed by atoms with E-state index in [-0.39, 0.29) is 15.2 Å². The van der Waals surface area contributed by atoms with Crippen LogP contribution in [0.1, 0.15) is 4.88 Å². The molecule has 0 atom stereocenters. The fraction of sp³-hybridized carbons (Fsp3) is 0. The lowest BCUT2D eigenvalue weighted by Gasteiger charge is -2.04. The minimum Gasteiger partial charge on any atom is -0.261 e. The number of nitrogens with one attached hydrogen (secondary N) is 1. The molecule has 0 unspecified atom stereocenters. The molecular weight excluding hydrogens is 296 g/mol. The monoisotopic (exact) mass is 300 g/mol. The van der Waals surface area contributed by atoms with Gasteiger partial charge in [0.15, 0.2) is 5.82 Å². The Labute approximate surface area is 112 Å². The van der Waals surface area contributed by atoms with Gasteiger partial charge in [0.25, 0.3) is 10.0 Å². The SMILES string of the molecule is N#Cc1ccc(S(=O)(=O)Nc2cnc(Cl)cn2)s1. The van der Waals surface area contributed by atoms with Crippen molar-refractivity contribution < 1.29 is 8.42 Å². The smallest absolute Gasteiger partial charge is 0.261 e. The molecule has 2 heterocycles. The van der Waals surface area contributed by atoms with Gasteiger partial charge in [-0.3, -0.25) is 4.72 Å². The van der Waals surface area contributed by atoms with Gasteiger partial charge in [-0.1, -0.05) is 11.6 Å². The van der Waals surface area contributed by atoms with Crippen molar-refractivity contribution in [3.63, 3.8) is 0 Å². The van der Waals surface area contributed by atoms with Crippen LogP contribution in [0, 0.1) is 11.3 Å². The molecule has 2 rings (SSSR count). The molecule has 2 aromatic heterocycles. The molecule has 0 aliphatic carbocycles. The number of hydrogen-bond donors (Lipinski definition) is 1. The second-order valence-electron chi connectivity index (χ2n) is 3.06. The zero-order chi connectivity index (χ0) is 13.2. The number of rotatable bonds is 3. The van der Waals surface area contributed by atoms with Crippen molar-refractivity contribution >= 4 is 38.8 Å². The predicted molar refractivity (Wildman–Crippen MR) is 66.9 cm³/mol. The number of halogens is 1. The number of hydrogen-bond acceptors (Lipinski definition) is 6. The number of nitrogens with zero attached hydrogens (tertiary/aromatic N) is 3.